The highest BCUT2D eigenvalue weighted by atomic mass is 17.3. The highest BCUT2D eigenvalue weighted by Crippen LogP contribution is 2.62. The molecule has 8 heterocycles. The van der Waals surface area contributed by atoms with Crippen LogP contribution in [0, 0.1) is 47.3 Å². The summed E-state index contributed by atoms with van der Waals surface area (Å²) in [6.45, 7) is 13.2. The fourth-order valence-electron chi connectivity index (χ4n) is 11.7. The lowest BCUT2D eigenvalue weighted by Crippen LogP contribution is -2.70. The summed E-state index contributed by atoms with van der Waals surface area (Å²) in [6, 6.07) is 0. The minimum Gasteiger partial charge on any atom is -0.349 e. The van der Waals surface area contributed by atoms with Crippen LogP contribution in [0.3, 0.4) is 0 Å². The first-order chi connectivity index (χ1) is 22.0. The van der Waals surface area contributed by atoms with E-state index in [0.29, 0.717) is 23.7 Å². The van der Waals surface area contributed by atoms with E-state index in [1.54, 1.807) is 0 Å². The van der Waals surface area contributed by atoms with Crippen LogP contribution in [0.5, 0.6) is 0 Å². The van der Waals surface area contributed by atoms with Crippen LogP contribution in [0.2, 0.25) is 0 Å². The van der Waals surface area contributed by atoms with E-state index in [9.17, 15) is 0 Å². The molecule has 8 saturated heterocycles. The largest absolute Gasteiger partial charge is 0.349 e. The van der Waals surface area contributed by atoms with Gasteiger partial charge in [0.1, 0.15) is 0 Å². The normalized spacial score (nSPS) is 60.9. The summed E-state index contributed by atoms with van der Waals surface area (Å²) < 4.78 is 40.2. The molecule has 0 aromatic rings. The van der Waals surface area contributed by atoms with E-state index < -0.39 is 35.4 Å². The van der Waals surface area contributed by atoms with E-state index in [0.717, 1.165) is 64.2 Å². The second kappa shape index (κ2) is 11.0. The van der Waals surface area contributed by atoms with Gasteiger partial charge in [-0.15, -0.1) is 0 Å². The lowest BCUT2D eigenvalue weighted by molar-refractivity contribution is -0.578. The smallest absolute Gasteiger partial charge is 0.201 e. The lowest BCUT2D eigenvalue weighted by Gasteiger charge is -2.60. The summed E-state index contributed by atoms with van der Waals surface area (Å²) in [6.07, 6.45) is 10.6. The maximum Gasteiger partial charge on any atom is 0.201 e. The summed E-state index contributed by atoms with van der Waals surface area (Å²) in [5.74, 6) is 1.18. The van der Waals surface area contributed by atoms with Crippen molar-refractivity contribution in [1.82, 2.24) is 0 Å². The Kier molecular flexibility index (Phi) is 7.58. The lowest BCUT2D eigenvalue weighted by atomic mass is 9.58. The molecule has 11 rings (SSSR count). The standard InChI is InChI=1S/C36H56O10/c1-19-7-13-27-21(3)29(39-31-35(27)25(19)15-17-33(5,41-31)43-45-35)37-23-9-11-24(12-10-23)38-30-22(4)28-14-8-20(2)26-16-18-34(6)42-32(40-30)36(26,28)46-44-34/h19-32H,7-18H2,1-6H3/t19-,20-,21-,22-,23?,24?,25+,26+,27+,28+,29+,30+,31-,32-,33+,34+,35-,36-/m1/s1. The van der Waals surface area contributed by atoms with Gasteiger partial charge in [0.05, 0.1) is 12.2 Å². The maximum absolute atomic E-state index is 6.81. The molecule has 0 unspecified atom stereocenters. The van der Waals surface area contributed by atoms with Gasteiger partial charge in [-0.1, -0.05) is 27.7 Å². The Morgan fingerprint density at radius 3 is 1.30 bits per heavy atom. The van der Waals surface area contributed by atoms with Gasteiger partial charge >= 0.3 is 0 Å². The molecule has 260 valence electrons. The zero-order valence-corrected chi connectivity index (χ0v) is 28.7. The van der Waals surface area contributed by atoms with Crippen molar-refractivity contribution in [2.45, 2.75) is 179 Å². The first kappa shape index (κ1) is 31.6. The van der Waals surface area contributed by atoms with Gasteiger partial charge in [-0.25, -0.2) is 19.6 Å². The highest BCUT2D eigenvalue weighted by molar-refractivity contribution is 5.10. The number of hydrogen-bond acceptors (Lipinski definition) is 10. The van der Waals surface area contributed by atoms with Crippen LogP contribution in [0.15, 0.2) is 0 Å². The quantitative estimate of drug-likeness (QED) is 0.305. The highest BCUT2D eigenvalue weighted by Gasteiger charge is 2.71. The molecule has 0 aromatic carbocycles. The minimum atomic E-state index is -0.773. The molecule has 2 spiro atoms. The third-order valence-corrected chi connectivity index (χ3v) is 14.5. The molecular formula is C36H56O10. The average molecular weight is 649 g/mol. The Morgan fingerprint density at radius 2 is 0.891 bits per heavy atom. The van der Waals surface area contributed by atoms with Crippen LogP contribution in [-0.2, 0) is 48.0 Å². The summed E-state index contributed by atoms with van der Waals surface area (Å²) in [5.41, 5.74) is -1.11. The molecule has 8 aliphatic heterocycles. The molecule has 0 radical (unpaired) electrons. The first-order valence-electron chi connectivity index (χ1n) is 18.7. The van der Waals surface area contributed by atoms with Gasteiger partial charge in [0.2, 0.25) is 11.6 Å². The predicted octanol–water partition coefficient (Wildman–Crippen LogP) is 6.75. The van der Waals surface area contributed by atoms with Gasteiger partial charge in [-0.2, -0.15) is 0 Å². The topological polar surface area (TPSA) is 92.3 Å². The number of fused-ring (bicyclic) bond motifs is 4. The second-order valence-electron chi connectivity index (χ2n) is 17.2. The molecule has 46 heavy (non-hydrogen) atoms. The molecule has 11 aliphatic rings. The van der Waals surface area contributed by atoms with E-state index >= 15 is 0 Å². The van der Waals surface area contributed by atoms with Gasteiger partial charge in [0.25, 0.3) is 0 Å². The maximum atomic E-state index is 6.81. The van der Waals surface area contributed by atoms with E-state index in [1.807, 2.05) is 13.8 Å². The third-order valence-electron chi connectivity index (χ3n) is 14.5. The molecule has 3 saturated carbocycles. The Labute approximate surface area is 273 Å². The van der Waals surface area contributed by atoms with Crippen LogP contribution in [0.4, 0.5) is 0 Å². The number of hydrogen-bond donors (Lipinski definition) is 0. The third kappa shape index (κ3) is 4.57. The van der Waals surface area contributed by atoms with Crippen LogP contribution in [0.25, 0.3) is 0 Å². The average Bonchev–Trinajstić information content (AvgIpc) is 3.41. The van der Waals surface area contributed by atoms with Crippen LogP contribution in [0.1, 0.15) is 119 Å². The Hall–Kier alpha value is -0.400. The van der Waals surface area contributed by atoms with Gasteiger partial charge in [0, 0.05) is 36.5 Å². The SMILES string of the molecule is C[C@H]1[C@@H](OC2CCC(O[C@H]3O[C@@H]4O[C@]5(C)CC[C@H]6[C@H](C)CC[C@@H]([C@H]3C)[C@@]46OO5)CC2)O[C@@H]2O[C@]3(C)CC[C@H]4[C@H](C)CC[C@@H]1[C@@]24OO3. The fraction of sp³-hybridized carbons (Fsp3) is 1.00. The Morgan fingerprint density at radius 1 is 0.478 bits per heavy atom. The van der Waals surface area contributed by atoms with E-state index in [1.165, 1.54) is 12.8 Å². The zero-order valence-electron chi connectivity index (χ0n) is 28.7. The van der Waals surface area contributed by atoms with E-state index in [4.69, 9.17) is 48.0 Å². The summed E-state index contributed by atoms with van der Waals surface area (Å²) in [5, 5.41) is 0. The molecule has 11 fully saturated rings. The van der Waals surface area contributed by atoms with Crippen molar-refractivity contribution in [1.29, 1.82) is 0 Å². The zero-order chi connectivity index (χ0) is 31.6. The number of ether oxygens (including phenoxy) is 6. The van der Waals surface area contributed by atoms with Gasteiger partial charge < -0.3 is 28.4 Å². The van der Waals surface area contributed by atoms with Crippen molar-refractivity contribution < 1.29 is 48.0 Å². The molecule has 0 amide bonds. The summed E-state index contributed by atoms with van der Waals surface area (Å²) >= 11 is 0. The molecule has 16 atom stereocenters. The Bertz CT molecular complexity index is 1080. The van der Waals surface area contributed by atoms with Crippen molar-refractivity contribution in [3.8, 4) is 0 Å². The first-order valence-corrected chi connectivity index (χ1v) is 18.7. The summed E-state index contributed by atoms with van der Waals surface area (Å²) in [7, 11) is 0. The molecule has 0 aromatic heterocycles. The second-order valence-corrected chi connectivity index (χ2v) is 17.2. The van der Waals surface area contributed by atoms with Crippen LogP contribution < -0.4 is 0 Å². The van der Waals surface area contributed by atoms with Crippen LogP contribution in [-0.4, -0.2) is 60.1 Å². The fourth-order valence-corrected chi connectivity index (χ4v) is 11.7. The van der Waals surface area contributed by atoms with Gasteiger partial charge in [-0.3, -0.25) is 0 Å². The predicted molar refractivity (Wildman–Crippen MR) is 162 cm³/mol. The molecule has 10 heteroatoms. The monoisotopic (exact) mass is 648 g/mol. The van der Waals surface area contributed by atoms with Crippen LogP contribution >= 0.6 is 0 Å². The van der Waals surface area contributed by atoms with Crippen molar-refractivity contribution >= 4 is 0 Å². The molecule has 4 bridgehead atoms. The van der Waals surface area contributed by atoms with Gasteiger partial charge in [-0.05, 0) is 102 Å². The molecular weight excluding hydrogens is 592 g/mol. The molecule has 10 nitrogen and oxygen atoms in total. The molecule has 0 N–H and O–H groups in total. The molecule has 3 aliphatic carbocycles. The van der Waals surface area contributed by atoms with Crippen molar-refractivity contribution in [3.05, 3.63) is 0 Å². The van der Waals surface area contributed by atoms with Crippen molar-refractivity contribution in [2.24, 2.45) is 47.3 Å². The van der Waals surface area contributed by atoms with Crippen molar-refractivity contribution in [3.63, 3.8) is 0 Å². The number of rotatable bonds is 4. The van der Waals surface area contributed by atoms with E-state index in [2.05, 4.69) is 27.7 Å². The van der Waals surface area contributed by atoms with Crippen molar-refractivity contribution in [2.75, 3.05) is 0 Å². The van der Waals surface area contributed by atoms with E-state index in [-0.39, 0.29) is 48.5 Å². The van der Waals surface area contributed by atoms with Gasteiger partial charge in [0.15, 0.2) is 36.4 Å². The Balaban J connectivity index is 0.850. The summed E-state index contributed by atoms with van der Waals surface area (Å²) in [4.78, 5) is 24.6. The minimum absolute atomic E-state index is 0.121.